The minimum absolute atomic E-state index is 0.0454. The minimum Gasteiger partial charge on any atom is -0.365 e. The molecule has 0 radical (unpaired) electrons. The summed E-state index contributed by atoms with van der Waals surface area (Å²) in [5, 5.41) is 0. The van der Waals surface area contributed by atoms with Gasteiger partial charge >= 0.3 is 0 Å². The summed E-state index contributed by atoms with van der Waals surface area (Å²) in [5.74, 6) is 0.638. The molecule has 2 saturated heterocycles. The zero-order valence-electron chi connectivity index (χ0n) is 35.8. The van der Waals surface area contributed by atoms with Crippen LogP contribution in [0, 0.1) is 22.7 Å². The zero-order valence-corrected chi connectivity index (χ0v) is 35.8. The predicted octanol–water partition coefficient (Wildman–Crippen LogP) is 12.4. The number of fused-ring (bicyclic) bond motifs is 33. The topological polar surface area (TPSA) is 18.5 Å². The van der Waals surface area contributed by atoms with Gasteiger partial charge in [-0.15, -0.1) is 0 Å². The van der Waals surface area contributed by atoms with Crippen molar-refractivity contribution in [3.05, 3.63) is 210 Å². The van der Waals surface area contributed by atoms with Gasteiger partial charge in [-0.3, -0.25) is 0 Å². The van der Waals surface area contributed by atoms with Crippen molar-refractivity contribution in [2.24, 2.45) is 22.7 Å². The van der Waals surface area contributed by atoms with Gasteiger partial charge in [-0.05, 0) is 89.0 Å². The van der Waals surface area contributed by atoms with E-state index in [9.17, 15) is 0 Å². The first-order valence-corrected chi connectivity index (χ1v) is 22.9. The zero-order chi connectivity index (χ0) is 40.3. The van der Waals surface area contributed by atoms with Gasteiger partial charge in [-0.2, -0.15) is 0 Å². The van der Waals surface area contributed by atoms with E-state index in [-0.39, 0.29) is 67.7 Å². The van der Waals surface area contributed by atoms with Gasteiger partial charge in [-0.25, -0.2) is 0 Å². The second-order valence-corrected chi connectivity index (χ2v) is 22.3. The van der Waals surface area contributed by atoms with Crippen LogP contribution in [0.25, 0.3) is 0 Å². The smallest absolute Gasteiger partial charge is 0.0898 e. The molecule has 14 atom stereocenters. The molecule has 4 heterocycles. The van der Waals surface area contributed by atoms with Crippen molar-refractivity contribution >= 4 is 0 Å². The standard InChI is InChI=1S/C58H50O2/c1-51-33-17-9-13-21-37(33)53(3)41-25-29-30(26-42(41)54(4,57(51,53)7)38-22-14-10-18-34(38)51)48-46-45(47(29)59-48)49-31-27-43-44(28-32(31)50(46)60-49)56(6)40-24-16-12-20-36(40)52(2)35-19-11-15-23-39(35)55(43,5)58(52,56)8/h9-28,45-50H,1-8H3/t45?,46?,47-,48+,49-,50+,51?,52?,53-,54+,55+,56-,57?,58?. The molecule has 2 heteroatoms. The van der Waals surface area contributed by atoms with Crippen LogP contribution in [0.3, 0.4) is 0 Å². The van der Waals surface area contributed by atoms with Gasteiger partial charge in [0, 0.05) is 55.2 Å². The summed E-state index contributed by atoms with van der Waals surface area (Å²) >= 11 is 0. The van der Waals surface area contributed by atoms with E-state index in [2.05, 4.69) is 177 Å². The first-order chi connectivity index (χ1) is 28.8. The lowest BCUT2D eigenvalue weighted by molar-refractivity contribution is -0.0292. The third-order valence-corrected chi connectivity index (χ3v) is 22.3. The van der Waals surface area contributed by atoms with Crippen molar-refractivity contribution in [3.63, 3.8) is 0 Å². The van der Waals surface area contributed by atoms with Crippen LogP contribution in [0.4, 0.5) is 0 Å². The Morgan fingerprint density at radius 1 is 0.283 bits per heavy atom. The van der Waals surface area contributed by atoms with Gasteiger partial charge < -0.3 is 9.47 Å². The maximum Gasteiger partial charge on any atom is 0.0898 e. The lowest BCUT2D eigenvalue weighted by Crippen LogP contribution is -2.51. The number of hydrogen-bond acceptors (Lipinski definition) is 2. The lowest BCUT2D eigenvalue weighted by Gasteiger charge is -2.49. The molecule has 0 saturated carbocycles. The van der Waals surface area contributed by atoms with Crippen molar-refractivity contribution in [1.29, 1.82) is 0 Å². The summed E-state index contributed by atoms with van der Waals surface area (Å²) in [6.45, 7) is 20.8. The molecule has 0 amide bonds. The molecule has 10 aliphatic rings. The average Bonchev–Trinajstić information content (AvgIpc) is 4.16. The number of hydrogen-bond donors (Lipinski definition) is 0. The molecule has 0 N–H and O–H groups in total. The SMILES string of the molecule is CC12c3ccccc3[C@@]3(C)c4cc5c(cc4[C@@](C)(c4ccccc41)C23C)[C@H]1O[C@@H]5C2C1[C@@H]1O[C@H]2c2cc3c(cc21)[C@]1(C)c2ccccc2C2(C)c4ccccc4[C@@]3(C)C21C. The molecular formula is C58H50O2. The van der Waals surface area contributed by atoms with Gasteiger partial charge in [0.15, 0.2) is 0 Å². The Morgan fingerprint density at radius 2 is 0.467 bits per heavy atom. The largest absolute Gasteiger partial charge is 0.365 e. The fourth-order valence-electron chi connectivity index (χ4n) is 19.4. The van der Waals surface area contributed by atoms with E-state index in [1.54, 1.807) is 0 Å². The molecule has 2 fully saturated rings. The molecule has 0 aromatic heterocycles. The Labute approximate surface area is 353 Å². The van der Waals surface area contributed by atoms with E-state index >= 15 is 0 Å². The van der Waals surface area contributed by atoms with Gasteiger partial charge in [-0.1, -0.05) is 177 Å². The van der Waals surface area contributed by atoms with Crippen LogP contribution in [0.2, 0.25) is 0 Å². The summed E-state index contributed by atoms with van der Waals surface area (Å²) in [5.41, 5.74) is 23.0. The number of ether oxygens (including phenoxy) is 2. The molecule has 4 bridgehead atoms. The second-order valence-electron chi connectivity index (χ2n) is 22.3. The number of benzene rings is 6. The Morgan fingerprint density at radius 3 is 0.667 bits per heavy atom. The maximum absolute atomic E-state index is 7.34. The van der Waals surface area contributed by atoms with Crippen molar-refractivity contribution < 1.29 is 9.47 Å². The molecule has 60 heavy (non-hydrogen) atoms. The molecule has 0 spiro atoms. The quantitative estimate of drug-likeness (QED) is 0.153. The molecule has 16 rings (SSSR count). The highest BCUT2D eigenvalue weighted by Gasteiger charge is 2.82. The summed E-state index contributed by atoms with van der Waals surface area (Å²) < 4.78 is 14.7. The molecule has 6 aromatic carbocycles. The van der Waals surface area contributed by atoms with Crippen LogP contribution in [0.1, 0.15) is 169 Å². The Kier molecular flexibility index (Phi) is 4.90. The van der Waals surface area contributed by atoms with Gasteiger partial charge in [0.2, 0.25) is 0 Å². The summed E-state index contributed by atoms with van der Waals surface area (Å²) in [4.78, 5) is 0. The van der Waals surface area contributed by atoms with Crippen molar-refractivity contribution in [1.82, 2.24) is 0 Å². The van der Waals surface area contributed by atoms with E-state index in [4.69, 9.17) is 9.47 Å². The van der Waals surface area contributed by atoms with Crippen LogP contribution < -0.4 is 0 Å². The third kappa shape index (κ3) is 2.50. The van der Waals surface area contributed by atoms with Crippen LogP contribution in [0.15, 0.2) is 121 Å². The molecular weight excluding hydrogens is 729 g/mol. The number of rotatable bonds is 0. The van der Waals surface area contributed by atoms with Crippen LogP contribution in [0.5, 0.6) is 0 Å². The maximum atomic E-state index is 7.34. The fraction of sp³-hybridized carbons (Fsp3) is 0.379. The summed E-state index contributed by atoms with van der Waals surface area (Å²) in [6.07, 6.45) is 0.182. The van der Waals surface area contributed by atoms with E-state index in [0.29, 0.717) is 11.8 Å². The summed E-state index contributed by atoms with van der Waals surface area (Å²) in [7, 11) is 0. The Hall–Kier alpha value is -4.76. The molecule has 4 aliphatic heterocycles. The van der Waals surface area contributed by atoms with Crippen molar-refractivity contribution in [2.45, 2.75) is 112 Å². The molecule has 6 aromatic rings. The molecule has 2 nitrogen and oxygen atoms in total. The predicted molar refractivity (Wildman–Crippen MR) is 234 cm³/mol. The van der Waals surface area contributed by atoms with E-state index < -0.39 is 0 Å². The van der Waals surface area contributed by atoms with Gasteiger partial charge in [0.25, 0.3) is 0 Å². The first kappa shape index (κ1) is 32.9. The minimum atomic E-state index is -0.152. The van der Waals surface area contributed by atoms with Gasteiger partial charge in [0.1, 0.15) is 0 Å². The van der Waals surface area contributed by atoms with E-state index in [1.807, 2.05) is 0 Å². The highest BCUT2D eigenvalue weighted by Crippen LogP contribution is 2.85. The fourth-order valence-corrected chi connectivity index (χ4v) is 19.4. The van der Waals surface area contributed by atoms with Crippen LogP contribution >= 0.6 is 0 Å². The third-order valence-electron chi connectivity index (χ3n) is 22.3. The lowest BCUT2D eigenvalue weighted by atomic mass is 9.52. The molecule has 6 unspecified atom stereocenters. The molecule has 294 valence electrons. The average molecular weight is 779 g/mol. The van der Waals surface area contributed by atoms with Crippen LogP contribution in [-0.2, 0) is 42.0 Å². The monoisotopic (exact) mass is 778 g/mol. The van der Waals surface area contributed by atoms with Crippen molar-refractivity contribution in [2.75, 3.05) is 0 Å². The van der Waals surface area contributed by atoms with E-state index in [1.165, 1.54) is 89.0 Å². The van der Waals surface area contributed by atoms with E-state index in [0.717, 1.165) is 0 Å². The van der Waals surface area contributed by atoms with Gasteiger partial charge in [0.05, 0.1) is 24.4 Å². The highest BCUT2D eigenvalue weighted by molar-refractivity contribution is 5.79. The Bertz CT molecular complexity index is 2750. The highest BCUT2D eigenvalue weighted by atomic mass is 16.5. The first-order valence-electron chi connectivity index (χ1n) is 22.9. The normalized spacial score (nSPS) is 45.1. The molecule has 6 aliphatic carbocycles. The van der Waals surface area contributed by atoms with Crippen molar-refractivity contribution in [3.8, 4) is 0 Å². The Balaban J connectivity index is 0.893. The second kappa shape index (κ2) is 8.93. The summed E-state index contributed by atoms with van der Waals surface area (Å²) in [6, 6.07) is 48.4. The van der Waals surface area contributed by atoms with Crippen LogP contribution in [-0.4, -0.2) is 0 Å².